The second-order valence-electron chi connectivity index (χ2n) is 6.15. The van der Waals surface area contributed by atoms with Crippen LogP contribution in [-0.4, -0.2) is 42.6 Å². The van der Waals surface area contributed by atoms with Crippen molar-refractivity contribution in [2.24, 2.45) is 5.92 Å². The lowest BCUT2D eigenvalue weighted by molar-refractivity contribution is -0.150. The summed E-state index contributed by atoms with van der Waals surface area (Å²) in [6.07, 6.45) is 2.51. The number of fused-ring (bicyclic) bond motifs is 1. The number of rotatable bonds is 8. The Morgan fingerprint density at radius 2 is 1.96 bits per heavy atom. The molecule has 1 aromatic carbocycles. The number of para-hydroxylation sites is 1. The molecule has 7 nitrogen and oxygen atoms in total. The normalized spacial score (nSPS) is 13.0. The summed E-state index contributed by atoms with van der Waals surface area (Å²) in [5.41, 5.74) is 1.74. The van der Waals surface area contributed by atoms with Crippen LogP contribution in [0.2, 0.25) is 0 Å². The number of hydrogen-bond donors (Lipinski definition) is 2. The van der Waals surface area contributed by atoms with Crippen LogP contribution in [0.15, 0.2) is 30.5 Å². The number of ether oxygens (including phenoxy) is 2. The molecule has 1 aromatic heterocycles. The Hall–Kier alpha value is -2.83. The van der Waals surface area contributed by atoms with Gasteiger partial charge in [0.1, 0.15) is 6.04 Å². The fourth-order valence-electron chi connectivity index (χ4n) is 2.64. The Balaban J connectivity index is 1.88. The van der Waals surface area contributed by atoms with E-state index in [1.165, 1.54) is 7.11 Å². The van der Waals surface area contributed by atoms with E-state index in [-0.39, 0.29) is 12.3 Å². The van der Waals surface area contributed by atoms with Crippen molar-refractivity contribution in [1.82, 2.24) is 10.3 Å². The summed E-state index contributed by atoms with van der Waals surface area (Å²) in [7, 11) is 1.27. The molecule has 0 unspecified atom stereocenters. The van der Waals surface area contributed by atoms with Gasteiger partial charge in [-0.3, -0.25) is 9.59 Å². The maximum absolute atomic E-state index is 12.0. The lowest BCUT2D eigenvalue weighted by Gasteiger charge is -2.21. The number of nitrogens with one attached hydrogen (secondary N) is 2. The quantitative estimate of drug-likeness (QED) is 0.701. The highest BCUT2D eigenvalue weighted by Gasteiger charge is 2.27. The minimum Gasteiger partial charge on any atom is -0.467 e. The van der Waals surface area contributed by atoms with Crippen LogP contribution in [0.4, 0.5) is 0 Å². The highest BCUT2D eigenvalue weighted by molar-refractivity contribution is 5.89. The molecular formula is C19H24N2O5. The highest BCUT2D eigenvalue weighted by atomic mass is 16.5. The van der Waals surface area contributed by atoms with Gasteiger partial charge in [-0.25, -0.2) is 4.79 Å². The van der Waals surface area contributed by atoms with Gasteiger partial charge >= 0.3 is 11.9 Å². The van der Waals surface area contributed by atoms with Crippen LogP contribution < -0.4 is 5.32 Å². The zero-order valence-corrected chi connectivity index (χ0v) is 15.2. The summed E-state index contributed by atoms with van der Waals surface area (Å²) in [5, 5.41) is 3.51. The van der Waals surface area contributed by atoms with Gasteiger partial charge in [0.2, 0.25) is 0 Å². The lowest BCUT2D eigenvalue weighted by Crippen LogP contribution is -2.47. The molecule has 0 aliphatic rings. The average molecular weight is 360 g/mol. The lowest BCUT2D eigenvalue weighted by atomic mass is 9.99. The van der Waals surface area contributed by atoms with E-state index < -0.39 is 30.5 Å². The molecule has 7 heteroatoms. The Morgan fingerprint density at radius 3 is 2.65 bits per heavy atom. The van der Waals surface area contributed by atoms with Gasteiger partial charge < -0.3 is 19.8 Å². The number of carbonyl (C=O) groups excluding carboxylic acids is 3. The first-order valence-electron chi connectivity index (χ1n) is 8.54. The molecule has 2 aromatic rings. The van der Waals surface area contributed by atoms with Gasteiger partial charge in [0, 0.05) is 17.1 Å². The fraction of sp³-hybridized carbons (Fsp3) is 0.421. The van der Waals surface area contributed by atoms with Crippen molar-refractivity contribution in [3.63, 3.8) is 0 Å². The third-order valence-corrected chi connectivity index (χ3v) is 4.36. The molecule has 1 amide bonds. The van der Waals surface area contributed by atoms with Gasteiger partial charge in [0.15, 0.2) is 6.61 Å². The Kier molecular flexibility index (Phi) is 6.77. The highest BCUT2D eigenvalue weighted by Crippen LogP contribution is 2.18. The molecule has 0 radical (unpaired) electrons. The minimum absolute atomic E-state index is 0.0586. The minimum atomic E-state index is -0.759. The van der Waals surface area contributed by atoms with Crippen LogP contribution >= 0.6 is 0 Å². The van der Waals surface area contributed by atoms with E-state index in [4.69, 9.17) is 9.47 Å². The van der Waals surface area contributed by atoms with Gasteiger partial charge in [-0.05, 0) is 17.5 Å². The molecule has 0 aliphatic carbocycles. The van der Waals surface area contributed by atoms with Crippen molar-refractivity contribution >= 4 is 28.7 Å². The topological polar surface area (TPSA) is 97.5 Å². The molecule has 0 bridgehead atoms. The summed E-state index contributed by atoms with van der Waals surface area (Å²) in [6.45, 7) is 3.31. The number of esters is 2. The zero-order chi connectivity index (χ0) is 19.1. The number of benzene rings is 1. The predicted molar refractivity (Wildman–Crippen MR) is 96.4 cm³/mol. The number of H-pyrrole nitrogens is 1. The number of methoxy groups -OCH3 is 1. The van der Waals surface area contributed by atoms with Crippen molar-refractivity contribution < 1.29 is 23.9 Å². The van der Waals surface area contributed by atoms with E-state index in [1.807, 2.05) is 38.1 Å². The molecule has 0 fully saturated rings. The van der Waals surface area contributed by atoms with Gasteiger partial charge in [-0.1, -0.05) is 38.5 Å². The molecule has 0 saturated carbocycles. The molecule has 0 spiro atoms. The van der Waals surface area contributed by atoms with Crippen LogP contribution in [0, 0.1) is 5.92 Å². The average Bonchev–Trinajstić information content (AvgIpc) is 3.06. The molecule has 1 heterocycles. The molecule has 0 saturated heterocycles. The van der Waals surface area contributed by atoms with Gasteiger partial charge in [0.05, 0.1) is 13.5 Å². The Morgan fingerprint density at radius 1 is 1.23 bits per heavy atom. The van der Waals surface area contributed by atoms with Crippen LogP contribution in [0.5, 0.6) is 0 Å². The van der Waals surface area contributed by atoms with Crippen LogP contribution in [0.25, 0.3) is 10.9 Å². The molecular weight excluding hydrogens is 336 g/mol. The SMILES string of the molecule is CC[C@@H](C)[C@@H](NC(=O)COC(=O)Cc1c[nH]c2ccccc12)C(=O)OC. The number of carbonyl (C=O) groups is 3. The third-order valence-electron chi connectivity index (χ3n) is 4.36. The number of aromatic amines is 1. The first-order valence-corrected chi connectivity index (χ1v) is 8.54. The van der Waals surface area contributed by atoms with E-state index in [1.54, 1.807) is 6.20 Å². The van der Waals surface area contributed by atoms with Crippen molar-refractivity contribution in [2.75, 3.05) is 13.7 Å². The predicted octanol–water partition coefficient (Wildman–Crippen LogP) is 1.96. The maximum Gasteiger partial charge on any atom is 0.328 e. The van der Waals surface area contributed by atoms with Gasteiger partial charge in [-0.15, -0.1) is 0 Å². The van der Waals surface area contributed by atoms with Crippen LogP contribution in [0.3, 0.4) is 0 Å². The molecule has 2 rings (SSSR count). The summed E-state index contributed by atoms with van der Waals surface area (Å²) < 4.78 is 9.74. The van der Waals surface area contributed by atoms with Crippen molar-refractivity contribution in [2.45, 2.75) is 32.7 Å². The monoisotopic (exact) mass is 360 g/mol. The molecule has 2 N–H and O–H groups in total. The first kappa shape index (κ1) is 19.5. The standard InChI is InChI=1S/C19H24N2O5/c1-4-12(2)18(19(24)25-3)21-16(22)11-26-17(23)9-13-10-20-15-8-6-5-7-14(13)15/h5-8,10,12,18,20H,4,9,11H2,1-3H3,(H,21,22)/t12-,18-/m1/s1. The van der Waals surface area contributed by atoms with Gasteiger partial charge in [-0.2, -0.15) is 0 Å². The second-order valence-corrected chi connectivity index (χ2v) is 6.15. The van der Waals surface area contributed by atoms with Crippen molar-refractivity contribution in [3.05, 3.63) is 36.0 Å². The smallest absolute Gasteiger partial charge is 0.328 e. The van der Waals surface area contributed by atoms with Gasteiger partial charge in [0.25, 0.3) is 5.91 Å². The zero-order valence-electron chi connectivity index (χ0n) is 15.2. The van der Waals surface area contributed by atoms with E-state index in [0.717, 1.165) is 16.5 Å². The molecule has 2 atom stereocenters. The van der Waals surface area contributed by atoms with Crippen LogP contribution in [0.1, 0.15) is 25.8 Å². The largest absolute Gasteiger partial charge is 0.467 e. The third kappa shape index (κ3) is 4.84. The number of aromatic nitrogens is 1. The molecule has 140 valence electrons. The Bertz CT molecular complexity index is 783. The number of hydrogen-bond acceptors (Lipinski definition) is 5. The molecule has 26 heavy (non-hydrogen) atoms. The maximum atomic E-state index is 12.0. The van der Waals surface area contributed by atoms with Crippen molar-refractivity contribution in [1.29, 1.82) is 0 Å². The molecule has 0 aliphatic heterocycles. The van der Waals surface area contributed by atoms with Crippen LogP contribution in [-0.2, 0) is 30.3 Å². The summed E-state index contributed by atoms with van der Waals surface area (Å²) >= 11 is 0. The summed E-state index contributed by atoms with van der Waals surface area (Å²) in [5.74, 6) is -1.65. The summed E-state index contributed by atoms with van der Waals surface area (Å²) in [6, 6.07) is 6.86. The van der Waals surface area contributed by atoms with E-state index in [2.05, 4.69) is 10.3 Å². The Labute approximate surface area is 152 Å². The number of amides is 1. The summed E-state index contributed by atoms with van der Waals surface area (Å²) in [4.78, 5) is 38.9. The van der Waals surface area contributed by atoms with Crippen molar-refractivity contribution in [3.8, 4) is 0 Å². The van der Waals surface area contributed by atoms with E-state index in [9.17, 15) is 14.4 Å². The first-order chi connectivity index (χ1) is 12.5. The fourth-order valence-corrected chi connectivity index (χ4v) is 2.64. The second kappa shape index (κ2) is 9.03. The van der Waals surface area contributed by atoms with E-state index in [0.29, 0.717) is 6.42 Å². The van der Waals surface area contributed by atoms with E-state index >= 15 is 0 Å².